The molecule has 1 heterocycles. The van der Waals surface area contributed by atoms with Crippen LogP contribution in [-0.2, 0) is 0 Å². The lowest BCUT2D eigenvalue weighted by Crippen LogP contribution is -2.35. The van der Waals surface area contributed by atoms with Gasteiger partial charge in [0, 0.05) is 11.8 Å². The van der Waals surface area contributed by atoms with E-state index < -0.39 is 0 Å². The third kappa shape index (κ3) is 2.25. The summed E-state index contributed by atoms with van der Waals surface area (Å²) in [6.07, 6.45) is 5.28. The molecule has 0 aromatic rings. The summed E-state index contributed by atoms with van der Waals surface area (Å²) in [5.74, 6) is 2.16. The van der Waals surface area contributed by atoms with Crippen molar-refractivity contribution in [3.05, 3.63) is 0 Å². The summed E-state index contributed by atoms with van der Waals surface area (Å²) in [5.41, 5.74) is 0. The van der Waals surface area contributed by atoms with Crippen LogP contribution in [0.1, 0.15) is 39.5 Å². The van der Waals surface area contributed by atoms with E-state index in [1.807, 2.05) is 11.8 Å². The van der Waals surface area contributed by atoms with Crippen molar-refractivity contribution in [3.8, 4) is 0 Å². The minimum absolute atomic E-state index is 0.569. The summed E-state index contributed by atoms with van der Waals surface area (Å²) in [6, 6.07) is 1.21. The first-order valence-electron chi connectivity index (χ1n) is 5.76. The molecule has 0 bridgehead atoms. The number of aliphatic imine (C=N–C) groups is 1. The van der Waals surface area contributed by atoms with Gasteiger partial charge in [-0.25, -0.2) is 0 Å². The second-order valence-electron chi connectivity index (χ2n) is 4.46. The molecule has 0 saturated heterocycles. The lowest BCUT2D eigenvalue weighted by atomic mass is 10.1. The lowest BCUT2D eigenvalue weighted by Gasteiger charge is -2.25. The fourth-order valence-electron chi connectivity index (χ4n) is 2.15. The van der Waals surface area contributed by atoms with Gasteiger partial charge in [0.25, 0.3) is 0 Å². The van der Waals surface area contributed by atoms with Gasteiger partial charge >= 0.3 is 0 Å². The number of amidine groups is 1. The van der Waals surface area contributed by atoms with E-state index in [0.717, 1.165) is 5.92 Å². The van der Waals surface area contributed by atoms with Crippen LogP contribution in [0.15, 0.2) is 4.99 Å². The van der Waals surface area contributed by atoms with E-state index in [2.05, 4.69) is 19.2 Å². The quantitative estimate of drug-likeness (QED) is 0.761. The number of fused-ring (bicyclic) bond motifs is 1. The van der Waals surface area contributed by atoms with Gasteiger partial charge < -0.3 is 5.32 Å². The van der Waals surface area contributed by atoms with Crippen molar-refractivity contribution in [2.24, 2.45) is 10.9 Å². The van der Waals surface area contributed by atoms with Gasteiger partial charge in [0.15, 0.2) is 5.17 Å². The summed E-state index contributed by atoms with van der Waals surface area (Å²) in [7, 11) is 0. The number of hydrogen-bond donors (Lipinski definition) is 1. The van der Waals surface area contributed by atoms with Crippen molar-refractivity contribution in [1.29, 1.82) is 0 Å². The van der Waals surface area contributed by atoms with Crippen LogP contribution >= 0.6 is 11.8 Å². The van der Waals surface area contributed by atoms with Crippen LogP contribution in [0.2, 0.25) is 0 Å². The highest BCUT2D eigenvalue weighted by molar-refractivity contribution is 8.13. The first kappa shape index (κ1) is 10.3. The fourth-order valence-corrected chi connectivity index (χ4v) is 3.40. The molecule has 2 nitrogen and oxygen atoms in total. The molecular weight excluding hydrogens is 192 g/mol. The van der Waals surface area contributed by atoms with E-state index in [1.54, 1.807) is 0 Å². The van der Waals surface area contributed by atoms with E-state index in [0.29, 0.717) is 12.1 Å². The summed E-state index contributed by atoms with van der Waals surface area (Å²) in [4.78, 5) is 4.80. The zero-order valence-electron chi connectivity index (χ0n) is 9.12. The number of thioether (sulfide) groups is 1. The highest BCUT2D eigenvalue weighted by Crippen LogP contribution is 2.35. The molecule has 1 aliphatic heterocycles. The zero-order chi connectivity index (χ0) is 9.97. The van der Waals surface area contributed by atoms with E-state index in [1.165, 1.54) is 36.6 Å². The monoisotopic (exact) mass is 212 g/mol. The van der Waals surface area contributed by atoms with Gasteiger partial charge in [-0.05, 0) is 32.1 Å². The van der Waals surface area contributed by atoms with Crippen molar-refractivity contribution < 1.29 is 0 Å². The molecule has 2 rings (SSSR count). The fraction of sp³-hybridized carbons (Fsp3) is 0.909. The molecule has 1 saturated carbocycles. The molecule has 0 radical (unpaired) electrons. The Kier molecular flexibility index (Phi) is 3.37. The molecule has 0 aromatic carbocycles. The molecule has 2 aliphatic rings. The first-order valence-corrected chi connectivity index (χ1v) is 6.75. The average molecular weight is 212 g/mol. The minimum atomic E-state index is 0.569. The molecular formula is C11H20N2S. The Labute approximate surface area is 90.9 Å². The van der Waals surface area contributed by atoms with Crippen LogP contribution in [0.5, 0.6) is 0 Å². The minimum Gasteiger partial charge on any atom is -0.362 e. The number of rotatable bonds is 2. The molecule has 1 aliphatic carbocycles. The average Bonchev–Trinajstić information content (AvgIpc) is 2.64. The SMILES string of the molecule is CCC(C)NC1=NC2CCCC2CS1. The maximum atomic E-state index is 4.80. The van der Waals surface area contributed by atoms with Gasteiger partial charge in [-0.3, -0.25) is 4.99 Å². The Hall–Kier alpha value is -0.180. The molecule has 3 atom stereocenters. The van der Waals surface area contributed by atoms with Crippen LogP contribution < -0.4 is 5.32 Å². The molecule has 0 aromatic heterocycles. The van der Waals surface area contributed by atoms with Crippen LogP contribution in [0, 0.1) is 5.92 Å². The maximum absolute atomic E-state index is 4.80. The van der Waals surface area contributed by atoms with E-state index in [9.17, 15) is 0 Å². The Morgan fingerprint density at radius 2 is 2.43 bits per heavy atom. The number of nitrogens with one attached hydrogen (secondary N) is 1. The van der Waals surface area contributed by atoms with Crippen molar-refractivity contribution in [3.63, 3.8) is 0 Å². The van der Waals surface area contributed by atoms with E-state index in [4.69, 9.17) is 4.99 Å². The second-order valence-corrected chi connectivity index (χ2v) is 5.47. The third-order valence-corrected chi connectivity index (χ3v) is 4.41. The highest BCUT2D eigenvalue weighted by Gasteiger charge is 2.30. The summed E-state index contributed by atoms with van der Waals surface area (Å²) >= 11 is 1.92. The molecule has 80 valence electrons. The Bertz CT molecular complexity index is 227. The van der Waals surface area contributed by atoms with Crippen molar-refractivity contribution >= 4 is 16.9 Å². The first-order chi connectivity index (χ1) is 6.79. The Morgan fingerprint density at radius 1 is 1.57 bits per heavy atom. The van der Waals surface area contributed by atoms with E-state index >= 15 is 0 Å². The molecule has 3 unspecified atom stereocenters. The van der Waals surface area contributed by atoms with Crippen LogP contribution in [0.3, 0.4) is 0 Å². The molecule has 1 N–H and O–H groups in total. The van der Waals surface area contributed by atoms with Gasteiger partial charge in [0.05, 0.1) is 6.04 Å². The molecule has 0 amide bonds. The van der Waals surface area contributed by atoms with Gasteiger partial charge in [-0.2, -0.15) is 0 Å². The topological polar surface area (TPSA) is 24.4 Å². The van der Waals surface area contributed by atoms with Crippen LogP contribution in [0.25, 0.3) is 0 Å². The maximum Gasteiger partial charge on any atom is 0.157 e. The van der Waals surface area contributed by atoms with Crippen LogP contribution in [0.4, 0.5) is 0 Å². The Morgan fingerprint density at radius 3 is 3.21 bits per heavy atom. The van der Waals surface area contributed by atoms with E-state index in [-0.39, 0.29) is 0 Å². The molecule has 3 heteroatoms. The van der Waals surface area contributed by atoms with Crippen molar-refractivity contribution in [2.45, 2.75) is 51.6 Å². The van der Waals surface area contributed by atoms with Crippen molar-refractivity contribution in [2.75, 3.05) is 5.75 Å². The van der Waals surface area contributed by atoms with Crippen LogP contribution in [-0.4, -0.2) is 23.0 Å². The van der Waals surface area contributed by atoms with Crippen molar-refractivity contribution in [1.82, 2.24) is 5.32 Å². The summed E-state index contributed by atoms with van der Waals surface area (Å²) < 4.78 is 0. The lowest BCUT2D eigenvalue weighted by molar-refractivity contribution is 0.529. The standard InChI is InChI=1S/C11H20N2S/c1-3-8(2)12-11-13-10-6-4-5-9(10)7-14-11/h8-10H,3-7H2,1-2H3,(H,12,13). The zero-order valence-corrected chi connectivity index (χ0v) is 9.94. The predicted molar refractivity (Wildman–Crippen MR) is 63.9 cm³/mol. The van der Waals surface area contributed by atoms with Gasteiger partial charge in [0.1, 0.15) is 0 Å². The smallest absolute Gasteiger partial charge is 0.157 e. The Balaban J connectivity index is 1.93. The molecule has 1 fully saturated rings. The largest absolute Gasteiger partial charge is 0.362 e. The highest BCUT2D eigenvalue weighted by atomic mass is 32.2. The van der Waals surface area contributed by atoms with Gasteiger partial charge in [-0.1, -0.05) is 25.1 Å². The third-order valence-electron chi connectivity index (χ3n) is 3.32. The summed E-state index contributed by atoms with van der Waals surface area (Å²) in [5, 5.41) is 4.69. The number of nitrogens with zero attached hydrogens (tertiary/aromatic N) is 1. The normalized spacial score (nSPS) is 33.4. The summed E-state index contributed by atoms with van der Waals surface area (Å²) in [6.45, 7) is 4.44. The van der Waals surface area contributed by atoms with Gasteiger partial charge in [0.2, 0.25) is 0 Å². The number of hydrogen-bond acceptors (Lipinski definition) is 3. The molecule has 14 heavy (non-hydrogen) atoms. The van der Waals surface area contributed by atoms with Gasteiger partial charge in [-0.15, -0.1) is 0 Å². The predicted octanol–water partition coefficient (Wildman–Crippen LogP) is 2.65. The second kappa shape index (κ2) is 4.56. The molecule has 0 spiro atoms.